The van der Waals surface area contributed by atoms with E-state index in [9.17, 15) is 0 Å². The Morgan fingerprint density at radius 1 is 1.67 bits per heavy atom. The zero-order chi connectivity index (χ0) is 8.81. The van der Waals surface area contributed by atoms with Crippen LogP contribution in [0.4, 0.5) is 0 Å². The van der Waals surface area contributed by atoms with Crippen LogP contribution in [0, 0.1) is 0 Å². The molecule has 1 aromatic heterocycles. The molecule has 1 aromatic rings. The molecule has 0 bridgehead atoms. The number of nitrogens with two attached hydrogens (primary N) is 2. The van der Waals surface area contributed by atoms with Crippen molar-refractivity contribution >= 4 is 28.3 Å². The van der Waals surface area contributed by atoms with Crippen molar-refractivity contribution in [2.75, 3.05) is 5.75 Å². The van der Waals surface area contributed by atoms with E-state index in [1.54, 1.807) is 11.3 Å². The molecular weight excluding hydrogens is 190 g/mol. The third-order valence-electron chi connectivity index (χ3n) is 1.35. The average molecular weight is 201 g/mol. The van der Waals surface area contributed by atoms with Crippen LogP contribution in [0.2, 0.25) is 0 Å². The molecule has 0 unspecified atom stereocenters. The quantitative estimate of drug-likeness (QED) is 0.334. The zero-order valence-corrected chi connectivity index (χ0v) is 8.20. The van der Waals surface area contributed by atoms with Crippen molar-refractivity contribution in [2.24, 2.45) is 16.7 Å². The van der Waals surface area contributed by atoms with Crippen LogP contribution in [0.25, 0.3) is 0 Å². The maximum atomic E-state index is 5.40. The molecule has 0 aliphatic carbocycles. The van der Waals surface area contributed by atoms with Crippen molar-refractivity contribution in [1.82, 2.24) is 0 Å². The van der Waals surface area contributed by atoms with E-state index in [1.165, 1.54) is 17.3 Å². The van der Waals surface area contributed by atoms with E-state index in [1.807, 2.05) is 0 Å². The average Bonchev–Trinajstić information content (AvgIpc) is 2.57. The van der Waals surface area contributed by atoms with Gasteiger partial charge in [0, 0.05) is 5.75 Å². The summed E-state index contributed by atoms with van der Waals surface area (Å²) < 4.78 is 0. The van der Waals surface area contributed by atoms with E-state index in [4.69, 9.17) is 11.6 Å². The first-order valence-corrected chi connectivity index (χ1v) is 5.43. The Hall–Kier alpha value is -0.680. The minimum Gasteiger partial charge on any atom is -0.377 e. The van der Waals surface area contributed by atoms with Gasteiger partial charge >= 0.3 is 0 Å². The highest BCUT2D eigenvalue weighted by Crippen LogP contribution is 2.10. The second kappa shape index (κ2) is 5.05. The standard InChI is InChI=1S/C7H11N3S2/c8-7(10-9)12-4-2-6-1-3-11-5-6/h1,3,5H,2,4,9H2,(H2,8,10). The van der Waals surface area contributed by atoms with Gasteiger partial charge in [-0.25, -0.2) is 0 Å². The lowest BCUT2D eigenvalue weighted by molar-refractivity contribution is 1.18. The smallest absolute Gasteiger partial charge is 0.177 e. The molecule has 0 radical (unpaired) electrons. The maximum Gasteiger partial charge on any atom is 0.177 e. The molecule has 0 saturated heterocycles. The zero-order valence-electron chi connectivity index (χ0n) is 6.56. The van der Waals surface area contributed by atoms with Crippen LogP contribution < -0.4 is 11.6 Å². The van der Waals surface area contributed by atoms with Crippen molar-refractivity contribution in [3.63, 3.8) is 0 Å². The third-order valence-corrected chi connectivity index (χ3v) is 2.89. The van der Waals surface area contributed by atoms with E-state index in [-0.39, 0.29) is 0 Å². The monoisotopic (exact) mass is 201 g/mol. The summed E-state index contributed by atoms with van der Waals surface area (Å²) in [6.07, 6.45) is 1.02. The van der Waals surface area contributed by atoms with Gasteiger partial charge < -0.3 is 11.6 Å². The molecule has 0 atom stereocenters. The molecular formula is C7H11N3S2. The van der Waals surface area contributed by atoms with Gasteiger partial charge in [-0.1, -0.05) is 11.8 Å². The summed E-state index contributed by atoms with van der Waals surface area (Å²) in [7, 11) is 0. The number of hydrogen-bond donors (Lipinski definition) is 2. The molecule has 66 valence electrons. The van der Waals surface area contributed by atoms with E-state index in [0.717, 1.165) is 12.2 Å². The molecule has 0 aromatic carbocycles. The van der Waals surface area contributed by atoms with Gasteiger partial charge in [0.15, 0.2) is 5.17 Å². The fraction of sp³-hybridized carbons (Fsp3) is 0.286. The van der Waals surface area contributed by atoms with Crippen molar-refractivity contribution in [1.29, 1.82) is 0 Å². The van der Waals surface area contributed by atoms with Gasteiger partial charge in [-0.05, 0) is 28.8 Å². The molecule has 0 aliphatic heterocycles. The van der Waals surface area contributed by atoms with Gasteiger partial charge in [-0.2, -0.15) is 16.4 Å². The van der Waals surface area contributed by atoms with Crippen LogP contribution in [-0.2, 0) is 6.42 Å². The summed E-state index contributed by atoms with van der Waals surface area (Å²) in [5, 5.41) is 8.02. The van der Waals surface area contributed by atoms with Crippen LogP contribution in [0.5, 0.6) is 0 Å². The Bertz CT molecular complexity index is 243. The molecule has 1 rings (SSSR count). The Labute approximate surface area is 79.8 Å². The summed E-state index contributed by atoms with van der Waals surface area (Å²) in [5.41, 5.74) is 6.75. The highest BCUT2D eigenvalue weighted by molar-refractivity contribution is 8.13. The van der Waals surface area contributed by atoms with Crippen LogP contribution in [0.3, 0.4) is 0 Å². The van der Waals surface area contributed by atoms with E-state index in [0.29, 0.717) is 5.17 Å². The van der Waals surface area contributed by atoms with Gasteiger partial charge in [-0.3, -0.25) is 0 Å². The van der Waals surface area contributed by atoms with Crippen molar-refractivity contribution in [3.8, 4) is 0 Å². The molecule has 0 fully saturated rings. The maximum absolute atomic E-state index is 5.40. The number of hydrazone groups is 1. The van der Waals surface area contributed by atoms with Crippen LogP contribution in [0.1, 0.15) is 5.56 Å². The lowest BCUT2D eigenvalue weighted by Gasteiger charge is -1.96. The van der Waals surface area contributed by atoms with E-state index in [2.05, 4.69) is 21.9 Å². The lowest BCUT2D eigenvalue weighted by atomic mass is 10.3. The molecule has 0 spiro atoms. The van der Waals surface area contributed by atoms with E-state index >= 15 is 0 Å². The fourth-order valence-electron chi connectivity index (χ4n) is 0.746. The molecule has 0 aliphatic rings. The van der Waals surface area contributed by atoms with Crippen LogP contribution in [-0.4, -0.2) is 10.9 Å². The van der Waals surface area contributed by atoms with Crippen molar-refractivity contribution in [3.05, 3.63) is 22.4 Å². The predicted molar refractivity (Wildman–Crippen MR) is 56.3 cm³/mol. The minimum atomic E-state index is 0.449. The summed E-state index contributed by atoms with van der Waals surface area (Å²) in [5.74, 6) is 5.91. The number of thioether (sulfide) groups is 1. The van der Waals surface area contributed by atoms with Gasteiger partial charge in [0.05, 0.1) is 0 Å². The second-order valence-corrected chi connectivity index (χ2v) is 4.09. The third kappa shape index (κ3) is 3.15. The van der Waals surface area contributed by atoms with Crippen molar-refractivity contribution < 1.29 is 0 Å². The first kappa shape index (κ1) is 9.41. The Morgan fingerprint density at radius 3 is 3.08 bits per heavy atom. The second-order valence-electron chi connectivity index (χ2n) is 2.20. The molecule has 4 N–H and O–H groups in total. The molecule has 3 nitrogen and oxygen atoms in total. The number of thiophene rings is 1. The molecule has 0 amide bonds. The summed E-state index contributed by atoms with van der Waals surface area (Å²) >= 11 is 3.19. The Kier molecular flexibility index (Phi) is 3.96. The SMILES string of the molecule is NN=C(N)SCCc1ccsc1. The van der Waals surface area contributed by atoms with Crippen LogP contribution in [0.15, 0.2) is 21.9 Å². The first-order chi connectivity index (χ1) is 5.83. The number of amidine groups is 1. The van der Waals surface area contributed by atoms with Crippen LogP contribution >= 0.6 is 23.1 Å². The largest absolute Gasteiger partial charge is 0.377 e. The van der Waals surface area contributed by atoms with Gasteiger partial charge in [-0.15, -0.1) is 0 Å². The predicted octanol–water partition coefficient (Wildman–Crippen LogP) is 1.21. The highest BCUT2D eigenvalue weighted by atomic mass is 32.2. The highest BCUT2D eigenvalue weighted by Gasteiger charge is 1.95. The fourth-order valence-corrected chi connectivity index (χ4v) is 2.07. The molecule has 1 heterocycles. The number of nitrogens with zero attached hydrogens (tertiary/aromatic N) is 1. The number of hydrogen-bond acceptors (Lipinski definition) is 4. The lowest BCUT2D eigenvalue weighted by Crippen LogP contribution is -2.10. The molecule has 0 saturated carbocycles. The van der Waals surface area contributed by atoms with Gasteiger partial charge in [0.1, 0.15) is 0 Å². The Balaban J connectivity index is 2.19. The normalized spacial score (nSPS) is 11.8. The summed E-state index contributed by atoms with van der Waals surface area (Å²) in [6, 6.07) is 2.11. The van der Waals surface area contributed by atoms with Gasteiger partial charge in [0.25, 0.3) is 0 Å². The molecule has 12 heavy (non-hydrogen) atoms. The van der Waals surface area contributed by atoms with E-state index < -0.39 is 0 Å². The van der Waals surface area contributed by atoms with Crippen molar-refractivity contribution in [2.45, 2.75) is 6.42 Å². The minimum absolute atomic E-state index is 0.449. The first-order valence-electron chi connectivity index (χ1n) is 3.50. The summed E-state index contributed by atoms with van der Waals surface area (Å²) in [4.78, 5) is 0. The Morgan fingerprint density at radius 2 is 2.50 bits per heavy atom. The van der Waals surface area contributed by atoms with Gasteiger partial charge in [0.2, 0.25) is 0 Å². The number of rotatable bonds is 3. The topological polar surface area (TPSA) is 64.4 Å². The summed E-state index contributed by atoms with van der Waals surface area (Å²) in [6.45, 7) is 0. The molecule has 5 heteroatoms. The number of aryl methyl sites for hydroxylation is 1.